The second kappa shape index (κ2) is 9.81. The van der Waals surface area contributed by atoms with Gasteiger partial charge in [-0.15, -0.1) is 0 Å². The molecule has 1 amide bonds. The van der Waals surface area contributed by atoms with Crippen LogP contribution in [-0.2, 0) is 0 Å². The van der Waals surface area contributed by atoms with Crippen LogP contribution in [0.1, 0.15) is 35.0 Å². The smallest absolute Gasteiger partial charge is 0.254 e. The van der Waals surface area contributed by atoms with E-state index in [1.54, 1.807) is 58.8 Å². The monoisotopic (exact) mass is 453 g/mol. The van der Waals surface area contributed by atoms with Crippen molar-refractivity contribution in [3.05, 3.63) is 47.9 Å². The van der Waals surface area contributed by atoms with Gasteiger partial charge in [-0.2, -0.15) is 4.98 Å². The van der Waals surface area contributed by atoms with Crippen molar-refractivity contribution in [2.45, 2.75) is 18.8 Å². The van der Waals surface area contributed by atoms with Crippen LogP contribution in [0.2, 0.25) is 0 Å². The highest BCUT2D eigenvalue weighted by molar-refractivity contribution is 5.95. The first-order chi connectivity index (χ1) is 16.1. The molecule has 0 N–H and O–H groups in total. The number of hydrogen-bond acceptors (Lipinski definition) is 8. The van der Waals surface area contributed by atoms with E-state index in [0.29, 0.717) is 53.4 Å². The Bertz CT molecular complexity index is 1110. The molecule has 0 saturated carbocycles. The Hall–Kier alpha value is -3.75. The van der Waals surface area contributed by atoms with Gasteiger partial charge in [-0.25, -0.2) is 0 Å². The molecule has 3 aromatic rings. The fourth-order valence-corrected chi connectivity index (χ4v) is 3.97. The molecule has 33 heavy (non-hydrogen) atoms. The first kappa shape index (κ1) is 22.4. The highest BCUT2D eigenvalue weighted by Gasteiger charge is 2.30. The van der Waals surface area contributed by atoms with E-state index in [9.17, 15) is 4.79 Å². The van der Waals surface area contributed by atoms with Crippen molar-refractivity contribution in [1.29, 1.82) is 0 Å². The first-order valence-electron chi connectivity index (χ1n) is 10.6. The Morgan fingerprint density at radius 1 is 0.970 bits per heavy atom. The number of nitrogens with zero attached hydrogens (tertiary/aromatic N) is 3. The summed E-state index contributed by atoms with van der Waals surface area (Å²) in [5.74, 6) is 3.20. The number of carbonyl (C=O) groups excluding carboxylic acids is 1. The van der Waals surface area contributed by atoms with E-state index in [-0.39, 0.29) is 11.8 Å². The molecule has 1 fully saturated rings. The van der Waals surface area contributed by atoms with E-state index < -0.39 is 0 Å². The molecule has 9 nitrogen and oxygen atoms in total. The third-order valence-corrected chi connectivity index (χ3v) is 5.74. The van der Waals surface area contributed by atoms with E-state index in [4.69, 9.17) is 23.5 Å². The molecule has 1 aromatic heterocycles. The average Bonchev–Trinajstić information content (AvgIpc) is 3.38. The lowest BCUT2D eigenvalue weighted by Crippen LogP contribution is -2.39. The zero-order valence-electron chi connectivity index (χ0n) is 19.2. The summed E-state index contributed by atoms with van der Waals surface area (Å²) in [5, 5.41) is 4.15. The zero-order valence-corrected chi connectivity index (χ0v) is 19.2. The maximum absolute atomic E-state index is 13.2. The molecule has 1 saturated heterocycles. The molecule has 0 radical (unpaired) electrons. The van der Waals surface area contributed by atoms with Gasteiger partial charge in [-0.3, -0.25) is 4.79 Å². The topological polar surface area (TPSA) is 96.2 Å². The summed E-state index contributed by atoms with van der Waals surface area (Å²) in [6.07, 6.45) is 1.70. The molecular weight excluding hydrogens is 426 g/mol. The van der Waals surface area contributed by atoms with Crippen LogP contribution in [0.15, 0.2) is 40.9 Å². The lowest BCUT2D eigenvalue weighted by atomic mass is 9.97. The maximum atomic E-state index is 13.2. The Balaban J connectivity index is 1.52. The van der Waals surface area contributed by atoms with Crippen LogP contribution in [0.5, 0.6) is 23.0 Å². The third kappa shape index (κ3) is 4.72. The molecule has 2 heterocycles. The van der Waals surface area contributed by atoms with Gasteiger partial charge in [-0.05, 0) is 43.2 Å². The number of hydrogen-bond donors (Lipinski definition) is 0. The molecule has 1 aliphatic rings. The number of ether oxygens (including phenoxy) is 4. The number of rotatable bonds is 7. The lowest BCUT2D eigenvalue weighted by molar-refractivity contribution is 0.0695. The summed E-state index contributed by atoms with van der Waals surface area (Å²) in [5.41, 5.74) is 1.28. The average molecular weight is 453 g/mol. The van der Waals surface area contributed by atoms with Crippen LogP contribution in [0.25, 0.3) is 11.4 Å². The van der Waals surface area contributed by atoms with Crippen molar-refractivity contribution in [3.8, 4) is 34.4 Å². The van der Waals surface area contributed by atoms with Gasteiger partial charge in [0.15, 0.2) is 11.5 Å². The molecule has 0 aliphatic carbocycles. The number of benzene rings is 2. The molecule has 1 atom stereocenters. The van der Waals surface area contributed by atoms with Gasteiger partial charge in [0, 0.05) is 30.3 Å². The quantitative estimate of drug-likeness (QED) is 0.533. The van der Waals surface area contributed by atoms with Crippen LogP contribution >= 0.6 is 0 Å². The minimum Gasteiger partial charge on any atom is -0.497 e. The second-order valence-electron chi connectivity index (χ2n) is 7.72. The molecular formula is C24H27N3O6. The molecule has 9 heteroatoms. The van der Waals surface area contributed by atoms with E-state index in [1.165, 1.54) is 0 Å². The summed E-state index contributed by atoms with van der Waals surface area (Å²) < 4.78 is 26.8. The van der Waals surface area contributed by atoms with Crippen molar-refractivity contribution < 1.29 is 28.3 Å². The summed E-state index contributed by atoms with van der Waals surface area (Å²) in [6.45, 7) is 1.15. The van der Waals surface area contributed by atoms with Gasteiger partial charge in [0.25, 0.3) is 5.91 Å². The van der Waals surface area contributed by atoms with E-state index in [0.717, 1.165) is 18.4 Å². The summed E-state index contributed by atoms with van der Waals surface area (Å²) in [4.78, 5) is 19.6. The Kier molecular flexibility index (Phi) is 6.67. The van der Waals surface area contributed by atoms with Crippen molar-refractivity contribution >= 4 is 5.91 Å². The standard InChI is InChI=1S/C24H27N3O6/c1-29-18-10-17(11-19(13-18)30-2)24(28)27-9-5-6-16(14-27)23-25-22(26-33-23)15-7-8-20(31-3)21(12-15)32-4/h7-8,10-13,16H,5-6,9,14H2,1-4H3. The molecule has 0 spiro atoms. The minimum atomic E-state index is -0.0865. The van der Waals surface area contributed by atoms with Crippen LogP contribution in [-0.4, -0.2) is 62.5 Å². The Labute approximate surface area is 192 Å². The highest BCUT2D eigenvalue weighted by atomic mass is 16.5. The molecule has 0 bridgehead atoms. The van der Waals surface area contributed by atoms with E-state index in [1.807, 2.05) is 11.0 Å². The predicted molar refractivity (Wildman–Crippen MR) is 120 cm³/mol. The van der Waals surface area contributed by atoms with Crippen molar-refractivity contribution in [3.63, 3.8) is 0 Å². The van der Waals surface area contributed by atoms with Crippen LogP contribution in [0, 0.1) is 0 Å². The van der Waals surface area contributed by atoms with Gasteiger partial charge < -0.3 is 28.4 Å². The summed E-state index contributed by atoms with van der Waals surface area (Å²) >= 11 is 0. The van der Waals surface area contributed by atoms with Crippen molar-refractivity contribution in [1.82, 2.24) is 15.0 Å². The number of piperidine rings is 1. The number of carbonyl (C=O) groups is 1. The summed E-state index contributed by atoms with van der Waals surface area (Å²) in [6, 6.07) is 10.6. The van der Waals surface area contributed by atoms with Gasteiger partial charge in [-0.1, -0.05) is 5.16 Å². The van der Waals surface area contributed by atoms with Crippen molar-refractivity contribution in [2.75, 3.05) is 41.5 Å². The highest BCUT2D eigenvalue weighted by Crippen LogP contribution is 2.33. The number of aromatic nitrogens is 2. The fourth-order valence-electron chi connectivity index (χ4n) is 3.97. The maximum Gasteiger partial charge on any atom is 0.254 e. The van der Waals surface area contributed by atoms with Crippen molar-refractivity contribution in [2.24, 2.45) is 0 Å². The SMILES string of the molecule is COc1cc(OC)cc(C(=O)N2CCCC(c3nc(-c4ccc(OC)c(OC)c4)no3)C2)c1. The normalized spacial score (nSPS) is 15.8. The van der Waals surface area contributed by atoms with Crippen LogP contribution in [0.3, 0.4) is 0 Å². The van der Waals surface area contributed by atoms with E-state index >= 15 is 0 Å². The van der Waals surface area contributed by atoms with Gasteiger partial charge >= 0.3 is 0 Å². The van der Waals surface area contributed by atoms with Crippen LogP contribution in [0.4, 0.5) is 0 Å². The third-order valence-electron chi connectivity index (χ3n) is 5.74. The first-order valence-corrected chi connectivity index (χ1v) is 10.6. The number of likely N-dealkylation sites (tertiary alicyclic amines) is 1. The largest absolute Gasteiger partial charge is 0.497 e. The zero-order chi connectivity index (χ0) is 23.4. The minimum absolute atomic E-state index is 0.0448. The Morgan fingerprint density at radius 3 is 2.36 bits per heavy atom. The van der Waals surface area contributed by atoms with Crippen LogP contribution < -0.4 is 18.9 Å². The fraction of sp³-hybridized carbons (Fsp3) is 0.375. The molecule has 1 unspecified atom stereocenters. The number of methoxy groups -OCH3 is 4. The van der Waals surface area contributed by atoms with Gasteiger partial charge in [0.2, 0.25) is 11.7 Å². The predicted octanol–water partition coefficient (Wildman–Crippen LogP) is 3.79. The number of amides is 1. The lowest BCUT2D eigenvalue weighted by Gasteiger charge is -2.31. The van der Waals surface area contributed by atoms with Gasteiger partial charge in [0.05, 0.1) is 34.4 Å². The Morgan fingerprint density at radius 2 is 1.70 bits per heavy atom. The molecule has 2 aromatic carbocycles. The van der Waals surface area contributed by atoms with E-state index in [2.05, 4.69) is 10.1 Å². The van der Waals surface area contributed by atoms with Gasteiger partial charge in [0.1, 0.15) is 11.5 Å². The molecule has 1 aliphatic heterocycles. The summed E-state index contributed by atoms with van der Waals surface area (Å²) in [7, 11) is 6.29. The second-order valence-corrected chi connectivity index (χ2v) is 7.72. The molecule has 174 valence electrons. The molecule has 4 rings (SSSR count).